The molecule has 0 bridgehead atoms. The van der Waals surface area contributed by atoms with E-state index in [4.69, 9.17) is 5.26 Å². The molecule has 0 spiro atoms. The number of carbonyl (C=O) groups excluding carboxylic acids is 1. The quantitative estimate of drug-likeness (QED) is 0.755. The number of aliphatic hydroxyl groups excluding tert-OH is 1. The number of methoxy groups -OCH3 is 1. The van der Waals surface area contributed by atoms with Gasteiger partial charge in [0.25, 0.3) is 0 Å². The molecule has 0 unspecified atom stereocenters. The predicted octanol–water partition coefficient (Wildman–Crippen LogP) is 1.07. The third-order valence-electron chi connectivity index (χ3n) is 4.68. The number of aliphatic hydroxyl groups is 1. The lowest BCUT2D eigenvalue weighted by Gasteiger charge is -2.26. The molecule has 3 atom stereocenters. The maximum atomic E-state index is 13.0. The Kier molecular flexibility index (Phi) is 6.16. The lowest BCUT2D eigenvalue weighted by molar-refractivity contribution is -0.142. The Morgan fingerprint density at radius 2 is 2.04 bits per heavy atom. The Hall–Kier alpha value is -1.95. The number of ether oxygens (including phenoxy) is 1. The Balaban J connectivity index is 2.37. The molecule has 0 aliphatic carbocycles. The number of hydrogen-bond donors (Lipinski definition) is 1. The monoisotopic (exact) mass is 366 g/mol. The first kappa shape index (κ1) is 19.4. The number of sulfonamides is 1. The topological polar surface area (TPSA) is 108 Å². The van der Waals surface area contributed by atoms with Gasteiger partial charge in [0.2, 0.25) is 10.0 Å². The largest absolute Gasteiger partial charge is 0.469 e. The highest BCUT2D eigenvalue weighted by Crippen LogP contribution is 2.38. The van der Waals surface area contributed by atoms with Crippen LogP contribution in [0.25, 0.3) is 0 Å². The van der Waals surface area contributed by atoms with Crippen molar-refractivity contribution in [3.63, 3.8) is 0 Å². The summed E-state index contributed by atoms with van der Waals surface area (Å²) in [6.07, 6.45) is 0.0755. The number of rotatable bonds is 6. The molecule has 1 heterocycles. The van der Waals surface area contributed by atoms with Crippen LogP contribution in [-0.4, -0.2) is 50.1 Å². The van der Waals surface area contributed by atoms with E-state index in [0.29, 0.717) is 0 Å². The van der Waals surface area contributed by atoms with E-state index in [1.807, 2.05) is 13.0 Å². The fourth-order valence-electron chi connectivity index (χ4n) is 3.29. The Morgan fingerprint density at radius 1 is 1.40 bits per heavy atom. The highest BCUT2D eigenvalue weighted by atomic mass is 32.2. The van der Waals surface area contributed by atoms with E-state index in [0.717, 1.165) is 5.56 Å². The molecule has 0 radical (unpaired) electrons. The Morgan fingerprint density at radius 3 is 2.56 bits per heavy atom. The third-order valence-corrected chi connectivity index (χ3v) is 6.59. The molecule has 2 rings (SSSR count). The molecule has 7 nitrogen and oxygen atoms in total. The summed E-state index contributed by atoms with van der Waals surface area (Å²) in [7, 11) is -2.58. The van der Waals surface area contributed by atoms with Crippen LogP contribution in [-0.2, 0) is 19.6 Å². The summed E-state index contributed by atoms with van der Waals surface area (Å²) in [6.45, 7) is 1.53. The number of aryl methyl sites for hydroxylation is 1. The highest BCUT2D eigenvalue weighted by Gasteiger charge is 2.47. The van der Waals surface area contributed by atoms with Crippen LogP contribution in [0.3, 0.4) is 0 Å². The number of esters is 1. The lowest BCUT2D eigenvalue weighted by atomic mass is 9.86. The van der Waals surface area contributed by atoms with Crippen molar-refractivity contribution in [3.05, 3.63) is 29.8 Å². The van der Waals surface area contributed by atoms with Gasteiger partial charge < -0.3 is 9.84 Å². The van der Waals surface area contributed by atoms with Crippen molar-refractivity contribution in [2.24, 2.45) is 11.8 Å². The average Bonchev–Trinajstić information content (AvgIpc) is 2.93. The summed E-state index contributed by atoms with van der Waals surface area (Å²) in [5, 5.41) is 18.8. The van der Waals surface area contributed by atoms with Gasteiger partial charge in [-0.25, -0.2) is 8.42 Å². The second kappa shape index (κ2) is 7.95. The minimum atomic E-state index is -3.83. The Bertz CT molecular complexity index is 754. The van der Waals surface area contributed by atoms with Gasteiger partial charge in [0.15, 0.2) is 0 Å². The van der Waals surface area contributed by atoms with E-state index in [2.05, 4.69) is 4.74 Å². The van der Waals surface area contributed by atoms with Crippen molar-refractivity contribution >= 4 is 16.0 Å². The molecule has 136 valence electrons. The van der Waals surface area contributed by atoms with Gasteiger partial charge in [0.1, 0.15) is 0 Å². The number of hydrogen-bond acceptors (Lipinski definition) is 6. The van der Waals surface area contributed by atoms with Gasteiger partial charge >= 0.3 is 5.97 Å². The molecule has 1 saturated heterocycles. The predicted molar refractivity (Wildman–Crippen MR) is 89.8 cm³/mol. The highest BCUT2D eigenvalue weighted by molar-refractivity contribution is 7.89. The first-order valence-corrected chi connectivity index (χ1v) is 9.42. The fraction of sp³-hybridized carbons (Fsp3) is 0.529. The van der Waals surface area contributed by atoms with Gasteiger partial charge in [-0.2, -0.15) is 9.57 Å². The summed E-state index contributed by atoms with van der Waals surface area (Å²) in [5.41, 5.74) is 0.935. The third kappa shape index (κ3) is 4.00. The minimum Gasteiger partial charge on any atom is -0.469 e. The summed E-state index contributed by atoms with van der Waals surface area (Å²) in [5.74, 6) is -1.28. The molecular formula is C17H22N2O5S. The van der Waals surface area contributed by atoms with E-state index in [1.165, 1.54) is 23.5 Å². The second-order valence-corrected chi connectivity index (χ2v) is 8.09. The summed E-state index contributed by atoms with van der Waals surface area (Å²) in [6, 6.07) is 7.73. The average molecular weight is 366 g/mol. The molecule has 1 aromatic carbocycles. The normalized spacial score (nSPS) is 24.0. The molecule has 0 amide bonds. The lowest BCUT2D eigenvalue weighted by Crippen LogP contribution is -2.40. The SMILES string of the molecule is COC(=O)C[C@H]1[C@@H](CC#N)CN(S(=O)(=O)c2ccc(C)cc2)[C@@H]1CO. The summed E-state index contributed by atoms with van der Waals surface area (Å²) < 4.78 is 31.9. The van der Waals surface area contributed by atoms with Crippen molar-refractivity contribution in [3.8, 4) is 6.07 Å². The van der Waals surface area contributed by atoms with Crippen molar-refractivity contribution < 1.29 is 23.1 Å². The van der Waals surface area contributed by atoms with Gasteiger partial charge in [-0.15, -0.1) is 0 Å². The summed E-state index contributed by atoms with van der Waals surface area (Å²) >= 11 is 0. The van der Waals surface area contributed by atoms with Crippen LogP contribution in [0.1, 0.15) is 18.4 Å². The minimum absolute atomic E-state index is 0.0337. The first-order valence-electron chi connectivity index (χ1n) is 7.98. The van der Waals surface area contributed by atoms with Crippen LogP contribution >= 0.6 is 0 Å². The van der Waals surface area contributed by atoms with Gasteiger partial charge in [-0.1, -0.05) is 17.7 Å². The van der Waals surface area contributed by atoms with Crippen LogP contribution in [0.2, 0.25) is 0 Å². The smallest absolute Gasteiger partial charge is 0.305 e. The van der Waals surface area contributed by atoms with Crippen LogP contribution in [0.15, 0.2) is 29.2 Å². The van der Waals surface area contributed by atoms with Crippen LogP contribution < -0.4 is 0 Å². The molecule has 0 saturated carbocycles. The molecule has 1 aliphatic heterocycles. The van der Waals surface area contributed by atoms with Crippen LogP contribution in [0, 0.1) is 30.1 Å². The van der Waals surface area contributed by atoms with E-state index in [-0.39, 0.29) is 30.2 Å². The van der Waals surface area contributed by atoms with E-state index in [1.54, 1.807) is 12.1 Å². The van der Waals surface area contributed by atoms with Crippen molar-refractivity contribution in [1.82, 2.24) is 4.31 Å². The van der Waals surface area contributed by atoms with Gasteiger partial charge in [0.05, 0.1) is 37.1 Å². The summed E-state index contributed by atoms with van der Waals surface area (Å²) in [4.78, 5) is 11.8. The standard InChI is InChI=1S/C17H22N2O5S/c1-12-3-5-14(6-4-12)25(22,23)19-10-13(7-8-18)15(16(19)11-20)9-17(21)24-2/h3-6,13,15-16,20H,7,9-11H2,1-2H3/t13-,15-,16+/m0/s1. The molecule has 1 aliphatic rings. The van der Waals surface area contributed by atoms with Gasteiger partial charge in [-0.05, 0) is 30.9 Å². The first-order chi connectivity index (χ1) is 11.8. The zero-order valence-electron chi connectivity index (χ0n) is 14.3. The molecular weight excluding hydrogens is 344 g/mol. The number of benzene rings is 1. The fourth-order valence-corrected chi connectivity index (χ4v) is 5.01. The zero-order chi connectivity index (χ0) is 18.6. The number of nitrogens with zero attached hydrogens (tertiary/aromatic N) is 2. The molecule has 8 heteroatoms. The molecule has 1 N–H and O–H groups in total. The van der Waals surface area contributed by atoms with E-state index < -0.39 is 34.6 Å². The van der Waals surface area contributed by atoms with E-state index in [9.17, 15) is 18.3 Å². The molecule has 1 aromatic rings. The number of nitriles is 1. The van der Waals surface area contributed by atoms with Crippen molar-refractivity contribution in [2.45, 2.75) is 30.7 Å². The Labute approximate surface area is 147 Å². The van der Waals surface area contributed by atoms with Gasteiger partial charge in [-0.3, -0.25) is 4.79 Å². The van der Waals surface area contributed by atoms with Crippen molar-refractivity contribution in [1.29, 1.82) is 5.26 Å². The van der Waals surface area contributed by atoms with Crippen LogP contribution in [0.5, 0.6) is 0 Å². The maximum absolute atomic E-state index is 13.0. The second-order valence-electron chi connectivity index (χ2n) is 6.20. The van der Waals surface area contributed by atoms with Crippen molar-refractivity contribution in [2.75, 3.05) is 20.3 Å². The molecule has 0 aromatic heterocycles. The number of carbonyl (C=O) groups is 1. The molecule has 25 heavy (non-hydrogen) atoms. The van der Waals surface area contributed by atoms with Crippen LogP contribution in [0.4, 0.5) is 0 Å². The molecule has 1 fully saturated rings. The van der Waals surface area contributed by atoms with Gasteiger partial charge in [0, 0.05) is 13.0 Å². The maximum Gasteiger partial charge on any atom is 0.305 e. The van der Waals surface area contributed by atoms with E-state index >= 15 is 0 Å². The zero-order valence-corrected chi connectivity index (χ0v) is 15.1.